The normalized spacial score (nSPS) is 12.8. The molecule has 0 fully saturated rings. The van der Waals surface area contributed by atoms with Gasteiger partial charge in [-0.3, -0.25) is 4.68 Å². The van der Waals surface area contributed by atoms with Crippen molar-refractivity contribution in [1.29, 1.82) is 0 Å². The third-order valence-corrected chi connectivity index (χ3v) is 4.00. The summed E-state index contributed by atoms with van der Waals surface area (Å²) in [6.45, 7) is 3.48. The summed E-state index contributed by atoms with van der Waals surface area (Å²) < 4.78 is 7.73. The summed E-state index contributed by atoms with van der Waals surface area (Å²) in [5.41, 5.74) is 2.84. The molecule has 23 heavy (non-hydrogen) atoms. The van der Waals surface area contributed by atoms with Gasteiger partial charge in [0.25, 0.3) is 0 Å². The molecule has 0 amide bonds. The van der Waals surface area contributed by atoms with E-state index in [4.69, 9.17) is 4.42 Å². The van der Waals surface area contributed by atoms with Crippen molar-refractivity contribution < 1.29 is 9.52 Å². The molecule has 5 nitrogen and oxygen atoms in total. The molecule has 3 aromatic rings. The van der Waals surface area contributed by atoms with Gasteiger partial charge in [-0.25, -0.2) is 0 Å². The van der Waals surface area contributed by atoms with E-state index in [1.807, 2.05) is 50.5 Å². The highest BCUT2D eigenvalue weighted by Gasteiger charge is 2.14. The van der Waals surface area contributed by atoms with E-state index in [0.29, 0.717) is 6.54 Å². The van der Waals surface area contributed by atoms with Crippen molar-refractivity contribution in [3.63, 3.8) is 0 Å². The van der Waals surface area contributed by atoms with Gasteiger partial charge in [-0.1, -0.05) is 25.1 Å². The van der Waals surface area contributed by atoms with Gasteiger partial charge in [0, 0.05) is 30.7 Å². The molecule has 0 saturated heterocycles. The zero-order valence-corrected chi connectivity index (χ0v) is 13.6. The maximum Gasteiger partial charge on any atom is 0.156 e. The summed E-state index contributed by atoms with van der Waals surface area (Å²) in [6, 6.07) is 10.0. The van der Waals surface area contributed by atoms with Gasteiger partial charge >= 0.3 is 0 Å². The molecule has 0 aliphatic rings. The minimum atomic E-state index is -0.230. The van der Waals surface area contributed by atoms with E-state index in [2.05, 4.69) is 10.4 Å². The van der Waals surface area contributed by atoms with Crippen molar-refractivity contribution in [1.82, 2.24) is 15.1 Å². The molecule has 0 saturated carbocycles. The minimum absolute atomic E-state index is 0.230. The van der Waals surface area contributed by atoms with Crippen LogP contribution in [0.15, 0.2) is 40.9 Å². The van der Waals surface area contributed by atoms with Crippen LogP contribution in [-0.2, 0) is 13.6 Å². The second kappa shape index (κ2) is 6.98. The van der Waals surface area contributed by atoms with Crippen molar-refractivity contribution in [2.45, 2.75) is 32.4 Å². The molecule has 0 radical (unpaired) electrons. The fourth-order valence-corrected chi connectivity index (χ4v) is 2.67. The largest absolute Gasteiger partial charge is 0.454 e. The number of aromatic nitrogens is 2. The highest BCUT2D eigenvalue weighted by molar-refractivity contribution is 5.82. The highest BCUT2D eigenvalue weighted by Crippen LogP contribution is 2.28. The molecule has 1 unspecified atom stereocenters. The van der Waals surface area contributed by atoms with E-state index in [-0.39, 0.29) is 6.10 Å². The van der Waals surface area contributed by atoms with Crippen LogP contribution < -0.4 is 5.32 Å². The molecule has 0 aliphatic heterocycles. The Bertz CT molecular complexity index is 743. The standard InChI is InChI=1S/C18H23N3O2/c1-3-15(22)8-9-19-11-14-12-21(2)20-18(14)17-10-13-6-4-5-7-16(13)23-17/h4-7,10,12,15,19,22H,3,8-9,11H2,1-2H3. The zero-order chi connectivity index (χ0) is 16.2. The lowest BCUT2D eigenvalue weighted by atomic mass is 10.1. The molecule has 0 bridgehead atoms. The lowest BCUT2D eigenvalue weighted by molar-refractivity contribution is 0.159. The molecule has 3 rings (SSSR count). The lowest BCUT2D eigenvalue weighted by Crippen LogP contribution is -2.19. The first-order valence-corrected chi connectivity index (χ1v) is 8.07. The first kappa shape index (κ1) is 15.8. The number of aliphatic hydroxyl groups is 1. The predicted molar refractivity (Wildman–Crippen MR) is 91.0 cm³/mol. The summed E-state index contributed by atoms with van der Waals surface area (Å²) in [4.78, 5) is 0. The Morgan fingerprint density at radius 1 is 1.35 bits per heavy atom. The summed E-state index contributed by atoms with van der Waals surface area (Å²) in [6.07, 6.45) is 3.33. The molecular weight excluding hydrogens is 290 g/mol. The topological polar surface area (TPSA) is 63.2 Å². The Morgan fingerprint density at radius 3 is 2.96 bits per heavy atom. The summed E-state index contributed by atoms with van der Waals surface area (Å²) >= 11 is 0. The monoisotopic (exact) mass is 313 g/mol. The summed E-state index contributed by atoms with van der Waals surface area (Å²) in [7, 11) is 1.91. The van der Waals surface area contributed by atoms with Crippen molar-refractivity contribution in [3.8, 4) is 11.5 Å². The maximum atomic E-state index is 9.60. The Kier molecular flexibility index (Phi) is 4.79. The second-order valence-electron chi connectivity index (χ2n) is 5.85. The van der Waals surface area contributed by atoms with Crippen LogP contribution in [0.4, 0.5) is 0 Å². The Hall–Kier alpha value is -2.11. The minimum Gasteiger partial charge on any atom is -0.454 e. The number of nitrogens with zero attached hydrogens (tertiary/aromatic N) is 2. The molecule has 2 N–H and O–H groups in total. The quantitative estimate of drug-likeness (QED) is 0.658. The lowest BCUT2D eigenvalue weighted by Gasteiger charge is -2.08. The van der Waals surface area contributed by atoms with Crippen LogP contribution in [0.2, 0.25) is 0 Å². The van der Waals surface area contributed by atoms with Gasteiger partial charge in [-0.2, -0.15) is 5.10 Å². The van der Waals surface area contributed by atoms with Crippen LogP contribution in [0.1, 0.15) is 25.3 Å². The van der Waals surface area contributed by atoms with Crippen LogP contribution in [0, 0.1) is 0 Å². The molecular formula is C18H23N3O2. The van der Waals surface area contributed by atoms with Crippen LogP contribution in [-0.4, -0.2) is 27.5 Å². The Balaban J connectivity index is 1.75. The fraction of sp³-hybridized carbons (Fsp3) is 0.389. The van der Waals surface area contributed by atoms with Gasteiger partial charge in [-0.15, -0.1) is 0 Å². The fourth-order valence-electron chi connectivity index (χ4n) is 2.67. The van der Waals surface area contributed by atoms with Gasteiger partial charge in [0.15, 0.2) is 5.76 Å². The van der Waals surface area contributed by atoms with E-state index in [1.165, 1.54) is 0 Å². The van der Waals surface area contributed by atoms with Crippen molar-refractivity contribution in [3.05, 3.63) is 42.1 Å². The van der Waals surface area contributed by atoms with Crippen molar-refractivity contribution in [2.24, 2.45) is 7.05 Å². The second-order valence-corrected chi connectivity index (χ2v) is 5.85. The van der Waals surface area contributed by atoms with E-state index in [1.54, 1.807) is 4.68 Å². The number of para-hydroxylation sites is 1. The smallest absolute Gasteiger partial charge is 0.156 e. The average Bonchev–Trinajstić information content (AvgIpc) is 3.14. The van der Waals surface area contributed by atoms with E-state index >= 15 is 0 Å². The zero-order valence-electron chi connectivity index (χ0n) is 13.6. The molecule has 0 spiro atoms. The van der Waals surface area contributed by atoms with E-state index in [0.717, 1.165) is 47.4 Å². The first-order valence-electron chi connectivity index (χ1n) is 8.07. The molecule has 122 valence electrons. The van der Waals surface area contributed by atoms with Crippen LogP contribution in [0.3, 0.4) is 0 Å². The molecule has 0 aliphatic carbocycles. The number of aryl methyl sites for hydroxylation is 1. The molecule has 1 aromatic carbocycles. The van der Waals surface area contributed by atoms with Crippen molar-refractivity contribution in [2.75, 3.05) is 6.54 Å². The highest BCUT2D eigenvalue weighted by atomic mass is 16.3. The number of furan rings is 1. The van der Waals surface area contributed by atoms with E-state index in [9.17, 15) is 5.11 Å². The number of fused-ring (bicyclic) bond motifs is 1. The average molecular weight is 313 g/mol. The molecule has 2 aromatic heterocycles. The van der Waals surface area contributed by atoms with Gasteiger partial charge < -0.3 is 14.8 Å². The third kappa shape index (κ3) is 3.63. The number of benzene rings is 1. The third-order valence-electron chi connectivity index (χ3n) is 4.00. The van der Waals surface area contributed by atoms with Crippen LogP contribution >= 0.6 is 0 Å². The van der Waals surface area contributed by atoms with Gasteiger partial charge in [0.05, 0.1) is 6.10 Å². The number of hydrogen-bond acceptors (Lipinski definition) is 4. The molecule has 1 atom stereocenters. The van der Waals surface area contributed by atoms with Gasteiger partial charge in [-0.05, 0) is 31.5 Å². The van der Waals surface area contributed by atoms with Gasteiger partial charge in [0.1, 0.15) is 11.3 Å². The Labute approximate surface area is 135 Å². The number of nitrogens with one attached hydrogen (secondary N) is 1. The van der Waals surface area contributed by atoms with Crippen LogP contribution in [0.5, 0.6) is 0 Å². The van der Waals surface area contributed by atoms with Crippen LogP contribution in [0.25, 0.3) is 22.4 Å². The van der Waals surface area contributed by atoms with Gasteiger partial charge in [0.2, 0.25) is 0 Å². The number of aliphatic hydroxyl groups excluding tert-OH is 1. The molecule has 5 heteroatoms. The summed E-state index contributed by atoms with van der Waals surface area (Å²) in [5.74, 6) is 0.789. The van der Waals surface area contributed by atoms with Crippen molar-refractivity contribution >= 4 is 11.0 Å². The predicted octanol–water partition coefficient (Wildman–Crippen LogP) is 3.08. The number of rotatable bonds is 7. The van der Waals surface area contributed by atoms with E-state index < -0.39 is 0 Å². The molecule has 2 heterocycles. The maximum absolute atomic E-state index is 9.60. The first-order chi connectivity index (χ1) is 11.2. The SMILES string of the molecule is CCC(O)CCNCc1cn(C)nc1-c1cc2ccccc2o1. The summed E-state index contributed by atoms with van der Waals surface area (Å²) in [5, 5.41) is 18.6. The Morgan fingerprint density at radius 2 is 2.17 bits per heavy atom. The number of hydrogen-bond donors (Lipinski definition) is 2.